The molecule has 0 radical (unpaired) electrons. The van der Waals surface area contributed by atoms with E-state index in [0.29, 0.717) is 4.96 Å². The van der Waals surface area contributed by atoms with Crippen molar-refractivity contribution in [1.29, 1.82) is 0 Å². The zero-order chi connectivity index (χ0) is 12.8. The number of nitrogens with zero attached hydrogens (tertiary/aromatic N) is 3. The Balaban J connectivity index is 2.13. The van der Waals surface area contributed by atoms with Crippen molar-refractivity contribution in [2.24, 2.45) is 0 Å². The highest BCUT2D eigenvalue weighted by Gasteiger charge is 2.25. The van der Waals surface area contributed by atoms with Crippen molar-refractivity contribution in [2.75, 3.05) is 4.72 Å². The van der Waals surface area contributed by atoms with E-state index in [9.17, 15) is 8.42 Å². The van der Waals surface area contributed by atoms with Gasteiger partial charge in [-0.3, -0.25) is 9.12 Å². The van der Waals surface area contributed by atoms with Gasteiger partial charge in [0.05, 0.1) is 0 Å². The monoisotopic (exact) mass is 304 g/mol. The topological polar surface area (TPSA) is 89.5 Å². The Labute approximate surface area is 110 Å². The van der Waals surface area contributed by atoms with Crippen LogP contribution in [0.25, 0.3) is 4.96 Å². The van der Waals surface area contributed by atoms with Crippen LogP contribution in [0.4, 0.5) is 5.82 Å². The van der Waals surface area contributed by atoms with Crippen molar-refractivity contribution < 1.29 is 12.9 Å². The summed E-state index contributed by atoms with van der Waals surface area (Å²) < 4.78 is 32.5. The maximum Gasteiger partial charge on any atom is 0.282 e. The Hall–Kier alpha value is -1.58. The first-order valence-electron chi connectivity index (χ1n) is 4.62. The summed E-state index contributed by atoms with van der Waals surface area (Å²) in [7, 11) is -3.86. The molecule has 3 heterocycles. The fraction of sp³-hybridized carbons (Fsp3) is 0. The largest absolute Gasteiger partial charge is 0.363 e. The molecule has 3 aromatic heterocycles. The van der Waals surface area contributed by atoms with Gasteiger partial charge < -0.3 is 4.52 Å². The molecule has 0 fully saturated rings. The lowest BCUT2D eigenvalue weighted by molar-refractivity contribution is 0.423. The highest BCUT2D eigenvalue weighted by atomic mass is 35.5. The number of nitrogens with one attached hydrogen (secondary N) is 1. The van der Waals surface area contributed by atoms with E-state index in [1.807, 2.05) is 0 Å². The van der Waals surface area contributed by atoms with Gasteiger partial charge in [-0.05, 0) is 0 Å². The molecule has 0 bridgehead atoms. The van der Waals surface area contributed by atoms with Crippen molar-refractivity contribution in [1.82, 2.24) is 14.5 Å². The Morgan fingerprint density at radius 2 is 2.33 bits per heavy atom. The molecule has 0 spiro atoms. The number of rotatable bonds is 3. The van der Waals surface area contributed by atoms with E-state index in [0.717, 1.165) is 0 Å². The van der Waals surface area contributed by atoms with Gasteiger partial charge in [-0.15, -0.1) is 11.3 Å². The quantitative estimate of drug-likeness (QED) is 0.797. The molecule has 0 aliphatic carbocycles. The summed E-state index contributed by atoms with van der Waals surface area (Å²) in [6, 6.07) is 1.39. The predicted octanol–water partition coefficient (Wildman–Crippen LogP) is 1.84. The second-order valence-corrected chi connectivity index (χ2v) is 6.08. The maximum absolute atomic E-state index is 12.2. The number of halogens is 1. The molecule has 0 amide bonds. The fourth-order valence-electron chi connectivity index (χ4n) is 1.43. The van der Waals surface area contributed by atoms with Gasteiger partial charge in [-0.1, -0.05) is 16.8 Å². The van der Waals surface area contributed by atoms with E-state index in [2.05, 4.69) is 19.4 Å². The first kappa shape index (κ1) is 11.5. The number of aromatic nitrogens is 3. The standard InChI is InChI=1S/C8H5ClN4O3S2/c9-6-7(13-2-4-17-8(13)10-6)18(14,15)12-5-1-3-16-11-5/h1-4H,(H,11,12). The van der Waals surface area contributed by atoms with E-state index in [1.54, 1.807) is 11.6 Å². The van der Waals surface area contributed by atoms with E-state index < -0.39 is 10.0 Å². The second kappa shape index (κ2) is 3.97. The average Bonchev–Trinajstić information content (AvgIpc) is 2.92. The second-order valence-electron chi connectivity index (χ2n) is 3.25. The van der Waals surface area contributed by atoms with Gasteiger partial charge in [-0.2, -0.15) is 8.42 Å². The van der Waals surface area contributed by atoms with E-state index in [-0.39, 0.29) is 16.0 Å². The SMILES string of the molecule is O=S(=O)(Nc1ccon1)c1c(Cl)nc2sccn12. The highest BCUT2D eigenvalue weighted by Crippen LogP contribution is 2.26. The molecule has 0 aliphatic rings. The Kier molecular flexibility index (Phi) is 2.54. The number of imidazole rings is 1. The molecule has 94 valence electrons. The molecule has 3 rings (SSSR count). The summed E-state index contributed by atoms with van der Waals surface area (Å²) in [5.41, 5.74) is 0. The third kappa shape index (κ3) is 1.76. The maximum atomic E-state index is 12.2. The zero-order valence-electron chi connectivity index (χ0n) is 8.57. The van der Waals surface area contributed by atoms with Gasteiger partial charge in [0.1, 0.15) is 6.26 Å². The lowest BCUT2D eigenvalue weighted by Gasteiger charge is -2.03. The molecule has 7 nitrogen and oxygen atoms in total. The minimum Gasteiger partial charge on any atom is -0.363 e. The molecule has 0 saturated carbocycles. The van der Waals surface area contributed by atoms with Crippen LogP contribution in [-0.2, 0) is 10.0 Å². The van der Waals surface area contributed by atoms with Gasteiger partial charge in [-0.25, -0.2) is 4.98 Å². The fourth-order valence-corrected chi connectivity index (χ4v) is 3.88. The lowest BCUT2D eigenvalue weighted by atomic mass is 10.7. The van der Waals surface area contributed by atoms with Crippen LogP contribution in [0.2, 0.25) is 5.15 Å². The van der Waals surface area contributed by atoms with E-state index >= 15 is 0 Å². The molecule has 0 atom stereocenters. The van der Waals surface area contributed by atoms with E-state index in [1.165, 1.54) is 28.1 Å². The minimum absolute atomic E-state index is 0.0799. The molecule has 0 aliphatic heterocycles. The van der Waals surface area contributed by atoms with Crippen LogP contribution < -0.4 is 4.72 Å². The highest BCUT2D eigenvalue weighted by molar-refractivity contribution is 7.92. The number of hydrogen-bond donors (Lipinski definition) is 1. The first-order valence-corrected chi connectivity index (χ1v) is 7.36. The van der Waals surface area contributed by atoms with Crippen LogP contribution in [-0.4, -0.2) is 23.0 Å². The third-order valence-corrected chi connectivity index (χ3v) is 4.62. The summed E-state index contributed by atoms with van der Waals surface area (Å²) in [5, 5.41) is 4.98. The van der Waals surface area contributed by atoms with Gasteiger partial charge in [0.2, 0.25) is 0 Å². The number of fused-ring (bicyclic) bond motifs is 1. The van der Waals surface area contributed by atoms with Crippen LogP contribution >= 0.6 is 22.9 Å². The normalized spacial score (nSPS) is 12.1. The van der Waals surface area contributed by atoms with Crippen LogP contribution in [0.5, 0.6) is 0 Å². The molecule has 1 N–H and O–H groups in total. The Bertz CT molecular complexity index is 790. The predicted molar refractivity (Wildman–Crippen MR) is 65.4 cm³/mol. The molecule has 18 heavy (non-hydrogen) atoms. The van der Waals surface area contributed by atoms with Crippen LogP contribution in [0.15, 0.2) is 33.5 Å². The molecule has 10 heteroatoms. The van der Waals surface area contributed by atoms with Gasteiger partial charge in [0.15, 0.2) is 21.0 Å². The van der Waals surface area contributed by atoms with Gasteiger partial charge >= 0.3 is 0 Å². The summed E-state index contributed by atoms with van der Waals surface area (Å²) in [4.78, 5) is 4.45. The van der Waals surface area contributed by atoms with Gasteiger partial charge in [0.25, 0.3) is 10.0 Å². The first-order chi connectivity index (χ1) is 8.58. The molecule has 0 unspecified atom stereocenters. The molecule has 0 aromatic carbocycles. The smallest absolute Gasteiger partial charge is 0.282 e. The number of anilines is 1. The zero-order valence-corrected chi connectivity index (χ0v) is 11.0. The van der Waals surface area contributed by atoms with Crippen LogP contribution in [0.3, 0.4) is 0 Å². The summed E-state index contributed by atoms with van der Waals surface area (Å²) in [6.45, 7) is 0. The number of thiazole rings is 1. The van der Waals surface area contributed by atoms with Crippen molar-refractivity contribution in [3.05, 3.63) is 29.1 Å². The Morgan fingerprint density at radius 1 is 1.50 bits per heavy atom. The van der Waals surface area contributed by atoms with Crippen LogP contribution in [0.1, 0.15) is 0 Å². The lowest BCUT2D eigenvalue weighted by Crippen LogP contribution is -2.15. The van der Waals surface area contributed by atoms with Crippen molar-refractivity contribution in [3.63, 3.8) is 0 Å². The molecular weight excluding hydrogens is 300 g/mol. The number of hydrogen-bond acceptors (Lipinski definition) is 6. The van der Waals surface area contributed by atoms with E-state index in [4.69, 9.17) is 11.6 Å². The third-order valence-electron chi connectivity index (χ3n) is 2.11. The molecule has 0 saturated heterocycles. The number of sulfonamides is 1. The molecular formula is C8H5ClN4O3S2. The minimum atomic E-state index is -3.86. The summed E-state index contributed by atoms with van der Waals surface area (Å²) in [6.07, 6.45) is 2.84. The molecule has 3 aromatic rings. The summed E-state index contributed by atoms with van der Waals surface area (Å²) >= 11 is 7.13. The van der Waals surface area contributed by atoms with Crippen LogP contribution in [0, 0.1) is 0 Å². The van der Waals surface area contributed by atoms with Crippen molar-refractivity contribution >= 4 is 43.7 Å². The van der Waals surface area contributed by atoms with Gasteiger partial charge in [0, 0.05) is 17.6 Å². The summed E-state index contributed by atoms with van der Waals surface area (Å²) in [5.74, 6) is 0.0799. The average molecular weight is 305 g/mol. The van der Waals surface area contributed by atoms with Crippen molar-refractivity contribution in [2.45, 2.75) is 5.03 Å². The Morgan fingerprint density at radius 3 is 3.06 bits per heavy atom. The van der Waals surface area contributed by atoms with Crippen molar-refractivity contribution in [3.8, 4) is 0 Å².